The molecule has 1 amide bonds. The molecule has 0 aliphatic rings. The first-order valence-corrected chi connectivity index (χ1v) is 5.69. The molecular weight excluding hydrogens is 218 g/mol. The van der Waals surface area contributed by atoms with Crippen LogP contribution in [-0.4, -0.2) is 46.8 Å². The Kier molecular flexibility index (Phi) is 5.12. The van der Waals surface area contributed by atoms with Crippen LogP contribution in [0, 0.1) is 6.92 Å². The molecule has 0 heterocycles. The summed E-state index contributed by atoms with van der Waals surface area (Å²) in [6, 6.07) is 7.28. The molecule has 4 nitrogen and oxygen atoms in total. The Labute approximate surface area is 101 Å². The SMILES string of the molecule is Cc1cccc(C(=O)N(CCO)CC(C)O)c1. The van der Waals surface area contributed by atoms with Crippen molar-refractivity contribution >= 4 is 5.91 Å². The zero-order valence-corrected chi connectivity index (χ0v) is 10.3. The number of nitrogens with zero attached hydrogens (tertiary/aromatic N) is 1. The van der Waals surface area contributed by atoms with Crippen LogP contribution >= 0.6 is 0 Å². The van der Waals surface area contributed by atoms with Gasteiger partial charge in [0.1, 0.15) is 0 Å². The number of aliphatic hydroxyl groups excluding tert-OH is 2. The van der Waals surface area contributed by atoms with Crippen LogP contribution in [0.1, 0.15) is 22.8 Å². The Balaban J connectivity index is 2.83. The number of benzene rings is 1. The van der Waals surface area contributed by atoms with Gasteiger partial charge in [-0.1, -0.05) is 17.7 Å². The van der Waals surface area contributed by atoms with Gasteiger partial charge in [-0.2, -0.15) is 0 Å². The van der Waals surface area contributed by atoms with Gasteiger partial charge in [0.05, 0.1) is 12.7 Å². The first-order valence-electron chi connectivity index (χ1n) is 5.69. The number of aryl methyl sites for hydroxylation is 1. The molecule has 0 aromatic heterocycles. The maximum Gasteiger partial charge on any atom is 0.254 e. The number of amides is 1. The predicted octanol–water partition coefficient (Wildman–Crippen LogP) is 0.810. The molecule has 0 radical (unpaired) electrons. The van der Waals surface area contributed by atoms with Crippen molar-refractivity contribution in [1.82, 2.24) is 4.90 Å². The van der Waals surface area contributed by atoms with Crippen LogP contribution in [-0.2, 0) is 0 Å². The summed E-state index contributed by atoms with van der Waals surface area (Å²) in [6.07, 6.45) is -0.602. The lowest BCUT2D eigenvalue weighted by Crippen LogP contribution is -2.38. The first kappa shape index (κ1) is 13.7. The van der Waals surface area contributed by atoms with E-state index in [4.69, 9.17) is 5.11 Å². The molecule has 0 aliphatic heterocycles. The van der Waals surface area contributed by atoms with Gasteiger partial charge in [-0.05, 0) is 26.0 Å². The van der Waals surface area contributed by atoms with Gasteiger partial charge in [-0.3, -0.25) is 4.79 Å². The van der Waals surface area contributed by atoms with E-state index in [2.05, 4.69) is 0 Å². The van der Waals surface area contributed by atoms with E-state index in [0.717, 1.165) is 5.56 Å². The molecule has 1 aromatic carbocycles. The fourth-order valence-corrected chi connectivity index (χ4v) is 1.68. The number of rotatable bonds is 5. The largest absolute Gasteiger partial charge is 0.395 e. The maximum atomic E-state index is 12.1. The van der Waals surface area contributed by atoms with E-state index in [1.807, 2.05) is 19.1 Å². The Morgan fingerprint density at radius 1 is 1.47 bits per heavy atom. The van der Waals surface area contributed by atoms with E-state index in [1.165, 1.54) is 4.90 Å². The zero-order valence-electron chi connectivity index (χ0n) is 10.3. The van der Waals surface area contributed by atoms with E-state index in [9.17, 15) is 9.90 Å². The molecule has 17 heavy (non-hydrogen) atoms. The van der Waals surface area contributed by atoms with Crippen LogP contribution < -0.4 is 0 Å². The Bertz CT molecular complexity index is 377. The average molecular weight is 237 g/mol. The summed E-state index contributed by atoms with van der Waals surface area (Å²) in [4.78, 5) is 13.6. The number of hydrogen-bond acceptors (Lipinski definition) is 3. The van der Waals surface area contributed by atoms with Crippen molar-refractivity contribution in [1.29, 1.82) is 0 Å². The quantitative estimate of drug-likeness (QED) is 0.796. The van der Waals surface area contributed by atoms with Gasteiger partial charge in [0.25, 0.3) is 5.91 Å². The lowest BCUT2D eigenvalue weighted by molar-refractivity contribution is 0.0605. The highest BCUT2D eigenvalue weighted by Gasteiger charge is 2.16. The molecule has 0 fully saturated rings. The van der Waals surface area contributed by atoms with E-state index < -0.39 is 6.10 Å². The average Bonchev–Trinajstić information content (AvgIpc) is 2.27. The molecule has 4 heteroatoms. The van der Waals surface area contributed by atoms with Gasteiger partial charge in [-0.25, -0.2) is 0 Å². The molecule has 2 N–H and O–H groups in total. The van der Waals surface area contributed by atoms with Gasteiger partial charge in [0.15, 0.2) is 0 Å². The van der Waals surface area contributed by atoms with Crippen LogP contribution in [0.15, 0.2) is 24.3 Å². The van der Waals surface area contributed by atoms with Crippen molar-refractivity contribution < 1.29 is 15.0 Å². The van der Waals surface area contributed by atoms with Crippen molar-refractivity contribution in [3.63, 3.8) is 0 Å². The highest BCUT2D eigenvalue weighted by molar-refractivity contribution is 5.94. The second-order valence-electron chi connectivity index (χ2n) is 4.19. The molecule has 0 spiro atoms. The summed E-state index contributed by atoms with van der Waals surface area (Å²) in [6.45, 7) is 3.89. The van der Waals surface area contributed by atoms with Crippen molar-refractivity contribution in [2.24, 2.45) is 0 Å². The van der Waals surface area contributed by atoms with Crippen molar-refractivity contribution in [2.75, 3.05) is 19.7 Å². The van der Waals surface area contributed by atoms with Crippen molar-refractivity contribution in [3.8, 4) is 0 Å². The summed E-state index contributed by atoms with van der Waals surface area (Å²) in [7, 11) is 0. The van der Waals surface area contributed by atoms with Crippen LogP contribution in [0.5, 0.6) is 0 Å². The number of aliphatic hydroxyl groups is 2. The standard InChI is InChI=1S/C13H19NO3/c1-10-4-3-5-12(8-10)13(17)14(6-7-15)9-11(2)16/h3-5,8,11,15-16H,6-7,9H2,1-2H3. The Morgan fingerprint density at radius 2 is 2.18 bits per heavy atom. The van der Waals surface area contributed by atoms with Crippen molar-refractivity contribution in [3.05, 3.63) is 35.4 Å². The molecule has 1 atom stereocenters. The van der Waals surface area contributed by atoms with Crippen LogP contribution in [0.25, 0.3) is 0 Å². The number of hydrogen-bond donors (Lipinski definition) is 2. The lowest BCUT2D eigenvalue weighted by Gasteiger charge is -2.23. The highest BCUT2D eigenvalue weighted by atomic mass is 16.3. The molecule has 94 valence electrons. The number of carbonyl (C=O) groups is 1. The molecule has 0 saturated carbocycles. The topological polar surface area (TPSA) is 60.8 Å². The van der Waals surface area contributed by atoms with E-state index in [1.54, 1.807) is 19.1 Å². The van der Waals surface area contributed by atoms with E-state index in [-0.39, 0.29) is 25.6 Å². The molecule has 0 bridgehead atoms. The van der Waals surface area contributed by atoms with Gasteiger partial charge in [0, 0.05) is 18.7 Å². The third kappa shape index (κ3) is 4.17. The van der Waals surface area contributed by atoms with E-state index in [0.29, 0.717) is 5.56 Å². The molecule has 0 aliphatic carbocycles. The summed E-state index contributed by atoms with van der Waals surface area (Å²) in [5, 5.41) is 18.2. The number of carbonyl (C=O) groups excluding carboxylic acids is 1. The summed E-state index contributed by atoms with van der Waals surface area (Å²) in [5.74, 6) is -0.163. The van der Waals surface area contributed by atoms with Gasteiger partial charge in [-0.15, -0.1) is 0 Å². The molecular formula is C13H19NO3. The monoisotopic (exact) mass is 237 g/mol. The lowest BCUT2D eigenvalue weighted by atomic mass is 10.1. The third-order valence-corrected chi connectivity index (χ3v) is 2.41. The fraction of sp³-hybridized carbons (Fsp3) is 0.462. The fourth-order valence-electron chi connectivity index (χ4n) is 1.68. The predicted molar refractivity (Wildman–Crippen MR) is 65.8 cm³/mol. The second-order valence-corrected chi connectivity index (χ2v) is 4.19. The maximum absolute atomic E-state index is 12.1. The van der Waals surface area contributed by atoms with E-state index >= 15 is 0 Å². The van der Waals surface area contributed by atoms with Crippen LogP contribution in [0.3, 0.4) is 0 Å². The van der Waals surface area contributed by atoms with Gasteiger partial charge >= 0.3 is 0 Å². The Morgan fingerprint density at radius 3 is 2.71 bits per heavy atom. The molecule has 0 saturated heterocycles. The minimum atomic E-state index is -0.602. The summed E-state index contributed by atoms with van der Waals surface area (Å²) < 4.78 is 0. The first-order chi connectivity index (χ1) is 8.04. The highest BCUT2D eigenvalue weighted by Crippen LogP contribution is 2.08. The van der Waals surface area contributed by atoms with Gasteiger partial charge < -0.3 is 15.1 Å². The van der Waals surface area contributed by atoms with Gasteiger partial charge in [0.2, 0.25) is 0 Å². The van der Waals surface area contributed by atoms with Crippen molar-refractivity contribution in [2.45, 2.75) is 20.0 Å². The van der Waals surface area contributed by atoms with Crippen LogP contribution in [0.2, 0.25) is 0 Å². The molecule has 1 aromatic rings. The summed E-state index contributed by atoms with van der Waals surface area (Å²) in [5.41, 5.74) is 1.59. The minimum Gasteiger partial charge on any atom is -0.395 e. The normalized spacial score (nSPS) is 12.2. The minimum absolute atomic E-state index is 0.107. The van der Waals surface area contributed by atoms with Crippen LogP contribution in [0.4, 0.5) is 0 Å². The zero-order chi connectivity index (χ0) is 12.8. The Hall–Kier alpha value is -1.39. The third-order valence-electron chi connectivity index (χ3n) is 2.41. The second kappa shape index (κ2) is 6.37. The summed E-state index contributed by atoms with van der Waals surface area (Å²) >= 11 is 0. The molecule has 1 rings (SSSR count). The molecule has 1 unspecified atom stereocenters. The smallest absolute Gasteiger partial charge is 0.254 e.